The standard InChI is InChI=1S/C16H20N4O.2ClH/c21-16(19-9-7-13-6-8-17-10-13)15-11-18-12-20(15)14-4-2-1-3-5-14;;/h1-5,11-13,17H,6-10H2,(H,19,21);2*1H. The molecule has 0 spiro atoms. The zero-order valence-corrected chi connectivity index (χ0v) is 14.4. The molecule has 0 bridgehead atoms. The van der Waals surface area contributed by atoms with Crippen molar-refractivity contribution in [3.05, 3.63) is 48.5 Å². The lowest BCUT2D eigenvalue weighted by Gasteiger charge is -2.11. The molecule has 23 heavy (non-hydrogen) atoms. The van der Waals surface area contributed by atoms with E-state index in [1.165, 1.54) is 6.42 Å². The molecule has 2 heterocycles. The number of nitrogens with zero attached hydrogens (tertiary/aromatic N) is 2. The normalized spacial score (nSPS) is 16.3. The van der Waals surface area contributed by atoms with Crippen LogP contribution in [0.15, 0.2) is 42.9 Å². The van der Waals surface area contributed by atoms with Gasteiger partial charge in [0.1, 0.15) is 5.69 Å². The predicted octanol–water partition coefficient (Wildman–Crippen LogP) is 2.45. The second kappa shape index (κ2) is 9.55. The molecule has 3 rings (SSSR count). The van der Waals surface area contributed by atoms with Crippen molar-refractivity contribution in [1.29, 1.82) is 0 Å². The molecule has 1 aromatic carbocycles. The lowest BCUT2D eigenvalue weighted by Crippen LogP contribution is -2.28. The van der Waals surface area contributed by atoms with Crippen molar-refractivity contribution in [2.45, 2.75) is 12.8 Å². The number of amides is 1. The van der Waals surface area contributed by atoms with Crippen LogP contribution in [0.5, 0.6) is 0 Å². The topological polar surface area (TPSA) is 59.0 Å². The molecule has 1 atom stereocenters. The summed E-state index contributed by atoms with van der Waals surface area (Å²) >= 11 is 0. The first-order chi connectivity index (χ1) is 10.3. The van der Waals surface area contributed by atoms with Gasteiger partial charge in [-0.1, -0.05) is 18.2 Å². The van der Waals surface area contributed by atoms with Gasteiger partial charge in [-0.15, -0.1) is 24.8 Å². The summed E-state index contributed by atoms with van der Waals surface area (Å²) in [5.41, 5.74) is 1.52. The number of carbonyl (C=O) groups is 1. The molecule has 5 nitrogen and oxygen atoms in total. The Balaban J connectivity index is 0.00000132. The van der Waals surface area contributed by atoms with Crippen molar-refractivity contribution in [3.8, 4) is 5.69 Å². The highest BCUT2D eigenvalue weighted by atomic mass is 35.5. The Morgan fingerprint density at radius 2 is 2.09 bits per heavy atom. The molecular weight excluding hydrogens is 335 g/mol. The van der Waals surface area contributed by atoms with E-state index in [1.807, 2.05) is 34.9 Å². The van der Waals surface area contributed by atoms with E-state index in [9.17, 15) is 4.79 Å². The van der Waals surface area contributed by atoms with E-state index >= 15 is 0 Å². The van der Waals surface area contributed by atoms with E-state index in [0.29, 0.717) is 18.2 Å². The third kappa shape index (κ3) is 4.96. The maximum Gasteiger partial charge on any atom is 0.269 e. The van der Waals surface area contributed by atoms with Crippen LogP contribution in [0.2, 0.25) is 0 Å². The molecule has 0 aliphatic carbocycles. The van der Waals surface area contributed by atoms with Gasteiger partial charge < -0.3 is 10.6 Å². The fourth-order valence-electron chi connectivity index (χ4n) is 2.70. The van der Waals surface area contributed by atoms with Crippen LogP contribution >= 0.6 is 24.8 Å². The van der Waals surface area contributed by atoms with E-state index in [0.717, 1.165) is 25.2 Å². The van der Waals surface area contributed by atoms with Crippen molar-refractivity contribution in [3.63, 3.8) is 0 Å². The number of aromatic nitrogens is 2. The largest absolute Gasteiger partial charge is 0.351 e. The van der Waals surface area contributed by atoms with E-state index in [-0.39, 0.29) is 30.7 Å². The van der Waals surface area contributed by atoms with Crippen LogP contribution in [-0.4, -0.2) is 35.1 Å². The minimum absolute atomic E-state index is 0. The molecule has 1 aliphatic heterocycles. The van der Waals surface area contributed by atoms with E-state index < -0.39 is 0 Å². The van der Waals surface area contributed by atoms with Crippen molar-refractivity contribution in [2.75, 3.05) is 19.6 Å². The van der Waals surface area contributed by atoms with Crippen LogP contribution in [0.3, 0.4) is 0 Å². The number of hydrogen-bond donors (Lipinski definition) is 2. The maximum atomic E-state index is 12.3. The minimum atomic E-state index is -0.0673. The highest BCUT2D eigenvalue weighted by molar-refractivity contribution is 5.92. The maximum absolute atomic E-state index is 12.3. The van der Waals surface area contributed by atoms with E-state index in [2.05, 4.69) is 15.6 Å². The van der Waals surface area contributed by atoms with Gasteiger partial charge in [-0.2, -0.15) is 0 Å². The number of halogens is 2. The molecule has 1 saturated heterocycles. The van der Waals surface area contributed by atoms with Crippen LogP contribution in [0.4, 0.5) is 0 Å². The third-order valence-electron chi connectivity index (χ3n) is 3.91. The summed E-state index contributed by atoms with van der Waals surface area (Å²) in [4.78, 5) is 16.4. The first-order valence-electron chi connectivity index (χ1n) is 7.41. The lowest BCUT2D eigenvalue weighted by molar-refractivity contribution is 0.0945. The smallest absolute Gasteiger partial charge is 0.269 e. The molecule has 0 radical (unpaired) electrons. The van der Waals surface area contributed by atoms with Gasteiger partial charge in [0.05, 0.1) is 12.5 Å². The van der Waals surface area contributed by atoms with Gasteiger partial charge >= 0.3 is 0 Å². The fraction of sp³-hybridized carbons (Fsp3) is 0.375. The summed E-state index contributed by atoms with van der Waals surface area (Å²) < 4.78 is 1.81. The van der Waals surface area contributed by atoms with Crippen molar-refractivity contribution in [2.24, 2.45) is 5.92 Å². The lowest BCUT2D eigenvalue weighted by atomic mass is 10.1. The highest BCUT2D eigenvalue weighted by Crippen LogP contribution is 2.12. The van der Waals surface area contributed by atoms with Gasteiger partial charge in [0.15, 0.2) is 0 Å². The Kier molecular flexibility index (Phi) is 8.09. The Morgan fingerprint density at radius 1 is 1.30 bits per heavy atom. The van der Waals surface area contributed by atoms with Crippen molar-refractivity contribution in [1.82, 2.24) is 20.2 Å². The number of carbonyl (C=O) groups excluding carboxylic acids is 1. The second-order valence-electron chi connectivity index (χ2n) is 5.39. The molecule has 1 amide bonds. The summed E-state index contributed by atoms with van der Waals surface area (Å²) in [5.74, 6) is 0.617. The van der Waals surface area contributed by atoms with Gasteiger partial charge in [0, 0.05) is 12.2 Å². The molecular formula is C16H22Cl2N4O. The van der Waals surface area contributed by atoms with Gasteiger partial charge in [0.25, 0.3) is 5.91 Å². The third-order valence-corrected chi connectivity index (χ3v) is 3.91. The Hall–Kier alpha value is -1.56. The molecule has 7 heteroatoms. The van der Waals surface area contributed by atoms with Gasteiger partial charge in [-0.3, -0.25) is 9.36 Å². The average Bonchev–Trinajstić information content (AvgIpc) is 3.19. The van der Waals surface area contributed by atoms with E-state index in [4.69, 9.17) is 0 Å². The zero-order chi connectivity index (χ0) is 14.5. The number of imidazole rings is 1. The second-order valence-corrected chi connectivity index (χ2v) is 5.39. The molecule has 2 N–H and O–H groups in total. The number of rotatable bonds is 5. The zero-order valence-electron chi connectivity index (χ0n) is 12.8. The molecule has 2 aromatic rings. The molecule has 1 aliphatic rings. The monoisotopic (exact) mass is 356 g/mol. The summed E-state index contributed by atoms with van der Waals surface area (Å²) in [6.07, 6.45) is 5.51. The average molecular weight is 357 g/mol. The Labute approximate surface area is 148 Å². The number of benzene rings is 1. The Bertz CT molecular complexity index is 597. The van der Waals surface area contributed by atoms with Crippen LogP contribution in [0, 0.1) is 5.92 Å². The van der Waals surface area contributed by atoms with Gasteiger partial charge in [-0.25, -0.2) is 4.98 Å². The molecule has 0 saturated carbocycles. The van der Waals surface area contributed by atoms with Crippen molar-refractivity contribution < 1.29 is 4.79 Å². The Morgan fingerprint density at radius 3 is 2.78 bits per heavy atom. The van der Waals surface area contributed by atoms with Crippen LogP contribution < -0.4 is 10.6 Å². The molecule has 1 aromatic heterocycles. The first-order valence-corrected chi connectivity index (χ1v) is 7.41. The van der Waals surface area contributed by atoms with Crippen LogP contribution in [-0.2, 0) is 0 Å². The first kappa shape index (κ1) is 19.5. The minimum Gasteiger partial charge on any atom is -0.351 e. The summed E-state index contributed by atoms with van der Waals surface area (Å²) in [5, 5.41) is 6.34. The van der Waals surface area contributed by atoms with Crippen LogP contribution in [0.25, 0.3) is 5.69 Å². The summed E-state index contributed by atoms with van der Waals surface area (Å²) in [7, 11) is 0. The molecule has 1 unspecified atom stereocenters. The molecule has 126 valence electrons. The summed E-state index contributed by atoms with van der Waals surface area (Å²) in [6, 6.07) is 9.77. The number of para-hydroxylation sites is 1. The van der Waals surface area contributed by atoms with Gasteiger partial charge in [0.2, 0.25) is 0 Å². The van der Waals surface area contributed by atoms with Crippen LogP contribution in [0.1, 0.15) is 23.3 Å². The number of hydrogen-bond acceptors (Lipinski definition) is 3. The SMILES string of the molecule is Cl.Cl.O=C(NCCC1CCNC1)c1cncn1-c1ccccc1. The molecule has 1 fully saturated rings. The number of nitrogens with one attached hydrogen (secondary N) is 2. The van der Waals surface area contributed by atoms with Gasteiger partial charge in [-0.05, 0) is 44.0 Å². The highest BCUT2D eigenvalue weighted by Gasteiger charge is 2.16. The predicted molar refractivity (Wildman–Crippen MR) is 96.0 cm³/mol. The summed E-state index contributed by atoms with van der Waals surface area (Å²) in [6.45, 7) is 2.88. The fourth-order valence-corrected chi connectivity index (χ4v) is 2.70. The quantitative estimate of drug-likeness (QED) is 0.864. The van der Waals surface area contributed by atoms with E-state index in [1.54, 1.807) is 12.5 Å². The van der Waals surface area contributed by atoms with Crippen molar-refractivity contribution >= 4 is 30.7 Å².